The number of nitrogens with two attached hydrogens (primary N) is 1. The number of H-pyrrole nitrogens is 1. The van der Waals surface area contributed by atoms with E-state index in [-0.39, 0.29) is 23.4 Å². The third kappa shape index (κ3) is 3.67. The summed E-state index contributed by atoms with van der Waals surface area (Å²) in [7, 11) is 0. The molecule has 24 heavy (non-hydrogen) atoms. The molecule has 0 saturated carbocycles. The molecule has 0 aliphatic carbocycles. The average Bonchev–Trinajstić information content (AvgIpc) is 3.25. The van der Waals surface area contributed by atoms with Crippen LogP contribution in [0.3, 0.4) is 0 Å². The maximum atomic E-state index is 12.7. The second-order valence-electron chi connectivity index (χ2n) is 6.38. The quantitative estimate of drug-likeness (QED) is 0.869. The van der Waals surface area contributed by atoms with Crippen LogP contribution in [0.4, 0.5) is 0 Å². The van der Waals surface area contributed by atoms with Crippen LogP contribution in [0.15, 0.2) is 23.6 Å². The van der Waals surface area contributed by atoms with E-state index >= 15 is 0 Å². The fourth-order valence-corrected chi connectivity index (χ4v) is 4.07. The van der Waals surface area contributed by atoms with Gasteiger partial charge in [0.2, 0.25) is 5.91 Å². The second kappa shape index (κ2) is 7.17. The van der Waals surface area contributed by atoms with E-state index in [4.69, 9.17) is 5.73 Å². The number of rotatable bonds is 5. The molecule has 0 spiro atoms. The van der Waals surface area contributed by atoms with Crippen LogP contribution in [-0.2, 0) is 11.2 Å². The number of hydrogen-bond acceptors (Lipinski definition) is 4. The van der Waals surface area contributed by atoms with Crippen LogP contribution in [0.1, 0.15) is 46.7 Å². The third-order valence-electron chi connectivity index (χ3n) is 4.53. The van der Waals surface area contributed by atoms with Crippen LogP contribution in [-0.4, -0.2) is 40.0 Å². The molecule has 1 fully saturated rings. The molecule has 3 N–H and O–H groups in total. The second-order valence-corrected chi connectivity index (χ2v) is 7.41. The highest BCUT2D eigenvalue weighted by Crippen LogP contribution is 2.27. The molecule has 0 aromatic carbocycles. The summed E-state index contributed by atoms with van der Waals surface area (Å²) in [5.74, 6) is -0.184. The Kier molecular flexibility index (Phi) is 4.99. The predicted molar refractivity (Wildman–Crippen MR) is 92.8 cm³/mol. The minimum absolute atomic E-state index is 0.0228. The van der Waals surface area contributed by atoms with Gasteiger partial charge in [0.25, 0.3) is 5.91 Å². The van der Waals surface area contributed by atoms with Crippen LogP contribution in [0.25, 0.3) is 0 Å². The summed E-state index contributed by atoms with van der Waals surface area (Å²) in [5, 5.41) is 8.88. The van der Waals surface area contributed by atoms with Crippen molar-refractivity contribution in [2.24, 2.45) is 11.7 Å². The maximum Gasteiger partial charge on any atom is 0.269 e. The minimum atomic E-state index is -0.536. The molecule has 0 bridgehead atoms. The highest BCUT2D eigenvalue weighted by molar-refractivity contribution is 7.09. The molecule has 2 amide bonds. The molecule has 128 valence electrons. The van der Waals surface area contributed by atoms with Gasteiger partial charge in [-0.05, 0) is 36.8 Å². The summed E-state index contributed by atoms with van der Waals surface area (Å²) in [6.45, 7) is 3.45. The van der Waals surface area contributed by atoms with Crippen LogP contribution in [0.2, 0.25) is 0 Å². The summed E-state index contributed by atoms with van der Waals surface area (Å²) < 4.78 is 0. The molecule has 2 aromatic heterocycles. The lowest BCUT2D eigenvalue weighted by molar-refractivity contribution is -0.136. The summed E-state index contributed by atoms with van der Waals surface area (Å²) in [6.07, 6.45) is 2.71. The van der Waals surface area contributed by atoms with E-state index in [0.717, 1.165) is 31.5 Å². The van der Waals surface area contributed by atoms with Crippen molar-refractivity contribution in [3.05, 3.63) is 39.8 Å². The van der Waals surface area contributed by atoms with E-state index in [0.29, 0.717) is 6.54 Å². The zero-order chi connectivity index (χ0) is 17.1. The van der Waals surface area contributed by atoms with Gasteiger partial charge in [0.1, 0.15) is 5.69 Å². The number of nitrogens with zero attached hydrogens (tertiary/aromatic N) is 2. The number of carbonyl (C=O) groups is 2. The van der Waals surface area contributed by atoms with E-state index in [9.17, 15) is 9.59 Å². The van der Waals surface area contributed by atoms with Gasteiger partial charge in [-0.25, -0.2) is 0 Å². The van der Waals surface area contributed by atoms with Crippen molar-refractivity contribution < 1.29 is 9.59 Å². The van der Waals surface area contributed by atoms with Crippen LogP contribution in [0.5, 0.6) is 0 Å². The van der Waals surface area contributed by atoms with Crippen molar-refractivity contribution in [1.82, 2.24) is 15.1 Å². The summed E-state index contributed by atoms with van der Waals surface area (Å²) in [4.78, 5) is 27.1. The van der Waals surface area contributed by atoms with Crippen LogP contribution >= 0.6 is 11.3 Å². The highest BCUT2D eigenvalue weighted by Gasteiger charge is 2.29. The standard InChI is InChI=1S/C17H22N4O2S/c1-11(8-13-5-3-7-24-13)17(23)21-6-2-4-12(10-21)14-9-15(16(18)22)20-19-14/h3,5,7,9,11-12H,2,4,6,8,10H2,1H3,(H2,18,22)(H,19,20)/t11-,12-/m0/s1. The first kappa shape index (κ1) is 16.7. The summed E-state index contributed by atoms with van der Waals surface area (Å²) in [6, 6.07) is 5.79. The van der Waals surface area contributed by atoms with Crippen molar-refractivity contribution in [3.63, 3.8) is 0 Å². The smallest absolute Gasteiger partial charge is 0.269 e. The van der Waals surface area contributed by atoms with E-state index in [2.05, 4.69) is 16.3 Å². The number of aromatic amines is 1. The number of amides is 2. The Bertz CT molecular complexity index is 710. The average molecular weight is 346 g/mol. The lowest BCUT2D eigenvalue weighted by Gasteiger charge is -2.34. The molecule has 1 aliphatic rings. The molecule has 1 saturated heterocycles. The van der Waals surface area contributed by atoms with E-state index in [1.807, 2.05) is 23.3 Å². The van der Waals surface area contributed by atoms with Gasteiger partial charge in [-0.2, -0.15) is 5.10 Å². The van der Waals surface area contributed by atoms with Gasteiger partial charge in [0.15, 0.2) is 0 Å². The predicted octanol–water partition coefficient (Wildman–Crippen LogP) is 2.15. The van der Waals surface area contributed by atoms with Crippen molar-refractivity contribution in [2.75, 3.05) is 13.1 Å². The number of piperidine rings is 1. The molecule has 1 aliphatic heterocycles. The normalized spacial score (nSPS) is 19.2. The van der Waals surface area contributed by atoms with E-state index < -0.39 is 5.91 Å². The van der Waals surface area contributed by atoms with Gasteiger partial charge in [0, 0.05) is 35.5 Å². The van der Waals surface area contributed by atoms with E-state index in [1.54, 1.807) is 17.4 Å². The number of carbonyl (C=O) groups excluding carboxylic acids is 2. The molecule has 3 heterocycles. The molecular formula is C17H22N4O2S. The molecule has 0 radical (unpaired) electrons. The molecule has 3 rings (SSSR count). The zero-order valence-electron chi connectivity index (χ0n) is 13.7. The Morgan fingerprint density at radius 2 is 2.38 bits per heavy atom. The largest absolute Gasteiger partial charge is 0.364 e. The third-order valence-corrected chi connectivity index (χ3v) is 5.43. The SMILES string of the molecule is C[C@@H](Cc1cccs1)C(=O)N1CCC[C@H](c2cc(C(N)=O)n[nH]2)C1. The Morgan fingerprint density at radius 3 is 3.04 bits per heavy atom. The van der Waals surface area contributed by atoms with Crippen LogP contribution in [0, 0.1) is 5.92 Å². The van der Waals surface area contributed by atoms with Crippen molar-refractivity contribution in [3.8, 4) is 0 Å². The number of aromatic nitrogens is 2. The number of nitrogens with one attached hydrogen (secondary N) is 1. The topological polar surface area (TPSA) is 92.1 Å². The first-order valence-electron chi connectivity index (χ1n) is 8.21. The van der Waals surface area contributed by atoms with Gasteiger partial charge >= 0.3 is 0 Å². The monoisotopic (exact) mass is 346 g/mol. The minimum Gasteiger partial charge on any atom is -0.364 e. The Balaban J connectivity index is 1.63. The molecular weight excluding hydrogens is 324 g/mol. The van der Waals surface area contributed by atoms with Gasteiger partial charge in [0.05, 0.1) is 0 Å². The van der Waals surface area contributed by atoms with Gasteiger partial charge in [-0.15, -0.1) is 11.3 Å². The lowest BCUT2D eigenvalue weighted by Crippen LogP contribution is -2.42. The van der Waals surface area contributed by atoms with E-state index in [1.165, 1.54) is 4.88 Å². The summed E-state index contributed by atoms with van der Waals surface area (Å²) >= 11 is 1.69. The summed E-state index contributed by atoms with van der Waals surface area (Å²) in [5.41, 5.74) is 6.38. The molecule has 2 atom stereocenters. The van der Waals surface area contributed by atoms with Gasteiger partial charge in [-0.1, -0.05) is 13.0 Å². The van der Waals surface area contributed by atoms with Crippen molar-refractivity contribution in [2.45, 2.75) is 32.1 Å². The Hall–Kier alpha value is -2.15. The van der Waals surface area contributed by atoms with Crippen LogP contribution < -0.4 is 5.73 Å². The Morgan fingerprint density at radius 1 is 1.54 bits per heavy atom. The molecule has 6 nitrogen and oxygen atoms in total. The number of hydrogen-bond donors (Lipinski definition) is 2. The molecule has 2 aromatic rings. The first-order chi connectivity index (χ1) is 11.5. The molecule has 0 unspecified atom stereocenters. The Labute approximate surface area is 145 Å². The first-order valence-corrected chi connectivity index (χ1v) is 9.09. The van der Waals surface area contributed by atoms with Gasteiger partial charge in [-0.3, -0.25) is 14.7 Å². The van der Waals surface area contributed by atoms with Gasteiger partial charge < -0.3 is 10.6 Å². The fraction of sp³-hybridized carbons (Fsp3) is 0.471. The molecule has 7 heteroatoms. The number of likely N-dealkylation sites (tertiary alicyclic amines) is 1. The fourth-order valence-electron chi connectivity index (χ4n) is 3.23. The number of primary amides is 1. The number of thiophene rings is 1. The van der Waals surface area contributed by atoms with Crippen molar-refractivity contribution in [1.29, 1.82) is 0 Å². The highest BCUT2D eigenvalue weighted by atomic mass is 32.1. The lowest BCUT2D eigenvalue weighted by atomic mass is 9.93. The van der Waals surface area contributed by atoms with Crippen molar-refractivity contribution >= 4 is 23.2 Å². The zero-order valence-corrected chi connectivity index (χ0v) is 14.5. The maximum absolute atomic E-state index is 12.7.